The van der Waals surface area contributed by atoms with E-state index in [1.54, 1.807) is 0 Å². The van der Waals surface area contributed by atoms with Gasteiger partial charge in [0, 0.05) is 18.9 Å². The van der Waals surface area contributed by atoms with E-state index in [1.165, 1.54) is 27.7 Å². The number of hydrogen-bond acceptors (Lipinski definition) is 11. The summed E-state index contributed by atoms with van der Waals surface area (Å²) >= 11 is 0. The summed E-state index contributed by atoms with van der Waals surface area (Å²) in [5.41, 5.74) is 4.84. The number of carbonyl (C=O) groups is 4. The number of nitrogens with one attached hydrogen (secondary N) is 3. The van der Waals surface area contributed by atoms with Crippen LogP contribution in [0.4, 0.5) is 0 Å². The molecule has 14 N–H and O–H groups in total. The molecule has 216 valence electrons. The first kappa shape index (κ1) is 41.5. The first-order valence-electron chi connectivity index (χ1n) is 10.3. The second kappa shape index (κ2) is 25.1. The number of carboxylic acids is 4. The van der Waals surface area contributed by atoms with E-state index >= 15 is 0 Å². The maximum atomic E-state index is 10.8. The molecule has 0 aliphatic heterocycles. The lowest BCUT2D eigenvalue weighted by molar-refractivity contribution is -0.139. The molecule has 4 atom stereocenters. The highest BCUT2D eigenvalue weighted by Gasteiger charge is 2.18. The van der Waals surface area contributed by atoms with Crippen LogP contribution in [-0.2, 0) is 19.2 Å². The molecule has 0 saturated carbocycles. The number of hydrogen-bond donors (Lipinski definition) is 11. The Morgan fingerprint density at radius 3 is 0.944 bits per heavy atom. The monoisotopic (exact) mass is 568 g/mol. The van der Waals surface area contributed by atoms with Crippen molar-refractivity contribution in [2.45, 2.75) is 51.9 Å². The van der Waals surface area contributed by atoms with Gasteiger partial charge in [-0.25, -0.2) is 0 Å². The maximum Gasteiger partial charge on any atom is 0.320 e. The van der Waals surface area contributed by atoms with E-state index in [9.17, 15) is 19.2 Å². The predicted octanol–water partition coefficient (Wildman–Crippen LogP) is -2.56. The normalized spacial score (nSPS) is 14.4. The minimum absolute atomic E-state index is 0. The SMILES string of the molecule is CC(N)C(=O)O.CC(NCP(CNC(C)C(=O)O)CNC(C)C(=O)O)C(=O)O.O.OCP(CO)CO. The van der Waals surface area contributed by atoms with Crippen LogP contribution in [0.25, 0.3) is 0 Å². The van der Waals surface area contributed by atoms with Crippen molar-refractivity contribution in [3.8, 4) is 0 Å². The number of carboxylic acid groups (broad SMARTS) is 4. The minimum Gasteiger partial charge on any atom is -0.480 e. The van der Waals surface area contributed by atoms with Gasteiger partial charge in [0.15, 0.2) is 0 Å². The van der Waals surface area contributed by atoms with Crippen molar-refractivity contribution in [1.29, 1.82) is 0 Å². The van der Waals surface area contributed by atoms with Crippen LogP contribution in [0, 0.1) is 0 Å². The third kappa shape index (κ3) is 25.5. The van der Waals surface area contributed by atoms with Crippen molar-refractivity contribution in [3.05, 3.63) is 0 Å². The van der Waals surface area contributed by atoms with Gasteiger partial charge in [0.05, 0.1) is 19.0 Å². The molecule has 0 spiro atoms. The van der Waals surface area contributed by atoms with Crippen LogP contribution in [0.2, 0.25) is 0 Å². The van der Waals surface area contributed by atoms with Crippen molar-refractivity contribution >= 4 is 39.7 Å². The Morgan fingerprint density at radius 1 is 0.611 bits per heavy atom. The molecule has 0 radical (unpaired) electrons. The van der Waals surface area contributed by atoms with E-state index in [2.05, 4.69) is 16.0 Å². The van der Waals surface area contributed by atoms with Crippen LogP contribution in [-0.4, -0.2) is 127 Å². The van der Waals surface area contributed by atoms with E-state index in [-0.39, 0.29) is 24.5 Å². The summed E-state index contributed by atoms with van der Waals surface area (Å²) in [5.74, 6) is -3.90. The van der Waals surface area contributed by atoms with E-state index in [1.807, 2.05) is 0 Å². The molecule has 0 amide bonds. The molecule has 0 aliphatic carbocycles. The number of aliphatic hydroxyl groups is 3. The summed E-state index contributed by atoms with van der Waals surface area (Å²) in [4.78, 5) is 41.9. The Bertz CT molecular complexity index is 552. The predicted molar refractivity (Wildman–Crippen MR) is 135 cm³/mol. The molecular formula is C18H42N4O12P2. The van der Waals surface area contributed by atoms with Crippen LogP contribution in [0.15, 0.2) is 0 Å². The molecule has 0 saturated heterocycles. The van der Waals surface area contributed by atoms with Gasteiger partial charge in [-0.15, -0.1) is 0 Å². The number of nitrogens with two attached hydrogens (primary N) is 1. The second-order valence-corrected chi connectivity index (χ2v) is 11.6. The third-order valence-corrected chi connectivity index (χ3v) is 7.05. The molecule has 18 heteroatoms. The summed E-state index contributed by atoms with van der Waals surface area (Å²) in [6.45, 7) is 5.95. The number of aliphatic carboxylic acids is 4. The molecule has 0 aromatic heterocycles. The van der Waals surface area contributed by atoms with Crippen LogP contribution in [0.5, 0.6) is 0 Å². The van der Waals surface area contributed by atoms with Crippen LogP contribution >= 0.6 is 15.8 Å². The lowest BCUT2D eigenvalue weighted by atomic mass is 10.4. The van der Waals surface area contributed by atoms with E-state index in [4.69, 9.17) is 41.5 Å². The molecule has 0 fully saturated rings. The highest BCUT2D eigenvalue weighted by Crippen LogP contribution is 2.31. The zero-order valence-corrected chi connectivity index (χ0v) is 22.6. The summed E-state index contributed by atoms with van der Waals surface area (Å²) in [5, 5.41) is 67.6. The maximum absolute atomic E-state index is 10.8. The number of aliphatic hydroxyl groups excluding tert-OH is 3. The molecule has 0 bridgehead atoms. The van der Waals surface area contributed by atoms with E-state index in [0.29, 0.717) is 18.9 Å². The summed E-state index contributed by atoms with van der Waals surface area (Å²) in [6.07, 6.45) is 0.886. The highest BCUT2D eigenvalue weighted by atomic mass is 31.1. The molecule has 0 rings (SSSR count). The van der Waals surface area contributed by atoms with Gasteiger partial charge in [-0.05, 0) is 35.6 Å². The Labute approximate surface area is 212 Å². The largest absolute Gasteiger partial charge is 0.480 e. The average Bonchev–Trinajstić information content (AvgIpc) is 2.79. The van der Waals surface area contributed by atoms with Gasteiger partial charge < -0.3 is 62.9 Å². The highest BCUT2D eigenvalue weighted by molar-refractivity contribution is 7.57. The lowest BCUT2D eigenvalue weighted by Crippen LogP contribution is -2.40. The van der Waals surface area contributed by atoms with Crippen molar-refractivity contribution in [2.24, 2.45) is 5.73 Å². The topological polar surface area (TPSA) is 304 Å². The third-order valence-electron chi connectivity index (χ3n) is 3.96. The second-order valence-electron chi connectivity index (χ2n) is 7.16. The fourth-order valence-electron chi connectivity index (χ4n) is 1.36. The van der Waals surface area contributed by atoms with Crippen molar-refractivity contribution in [2.75, 3.05) is 37.9 Å². The fourth-order valence-corrected chi connectivity index (χ4v) is 3.56. The summed E-state index contributed by atoms with van der Waals surface area (Å²) in [6, 6.07) is -2.90. The standard InChI is InChI=1S/C12H24N3O6P.C3H7NO2.C3H9O3P.H2O/c1-7(10(16)17)13-4-22(5-14-8(2)11(18)19)6-15-9(3)12(20)21;1-2(4)3(5)6;4-1-7(2-5)3-6;/h7-9,13-15H,4-6H2,1-3H3,(H,16,17)(H,18,19)(H,20,21);2H,4H2,1H3,(H,5,6);4-6H,1-3H2;1H2. The molecule has 0 aromatic carbocycles. The molecule has 0 aliphatic rings. The minimum atomic E-state index is -0.978. The Balaban J connectivity index is -0.000000300. The molecule has 36 heavy (non-hydrogen) atoms. The van der Waals surface area contributed by atoms with Gasteiger partial charge in [0.1, 0.15) is 24.2 Å². The van der Waals surface area contributed by atoms with Crippen LogP contribution < -0.4 is 21.7 Å². The average molecular weight is 568 g/mol. The molecule has 0 heterocycles. The van der Waals surface area contributed by atoms with Crippen molar-refractivity contribution in [3.63, 3.8) is 0 Å². The van der Waals surface area contributed by atoms with Gasteiger partial charge >= 0.3 is 23.9 Å². The van der Waals surface area contributed by atoms with Gasteiger partial charge in [-0.2, -0.15) is 0 Å². The molecular weight excluding hydrogens is 526 g/mol. The Kier molecular flexibility index (Phi) is 28.9. The van der Waals surface area contributed by atoms with Crippen molar-refractivity contribution < 1.29 is 60.4 Å². The quantitative estimate of drug-likeness (QED) is 0.0853. The van der Waals surface area contributed by atoms with Gasteiger partial charge in [0.25, 0.3) is 0 Å². The van der Waals surface area contributed by atoms with Gasteiger partial charge in [0.2, 0.25) is 0 Å². The zero-order chi connectivity index (χ0) is 28.1. The smallest absolute Gasteiger partial charge is 0.320 e. The molecule has 0 aromatic rings. The number of rotatable bonds is 16. The molecule has 4 unspecified atom stereocenters. The van der Waals surface area contributed by atoms with Crippen LogP contribution in [0.1, 0.15) is 27.7 Å². The summed E-state index contributed by atoms with van der Waals surface area (Å²) in [7, 11) is -1.74. The van der Waals surface area contributed by atoms with E-state index < -0.39 is 63.9 Å². The first-order valence-corrected chi connectivity index (χ1v) is 14.1. The Hall–Kier alpha value is -1.58. The zero-order valence-electron chi connectivity index (χ0n) is 20.8. The van der Waals surface area contributed by atoms with E-state index in [0.717, 1.165) is 0 Å². The lowest BCUT2D eigenvalue weighted by Gasteiger charge is -2.23. The molecule has 16 nitrogen and oxygen atoms in total. The van der Waals surface area contributed by atoms with Crippen LogP contribution in [0.3, 0.4) is 0 Å². The first-order chi connectivity index (χ1) is 16.1. The van der Waals surface area contributed by atoms with Gasteiger partial charge in [-0.1, -0.05) is 7.92 Å². The van der Waals surface area contributed by atoms with Gasteiger partial charge in [-0.3, -0.25) is 19.2 Å². The Morgan fingerprint density at radius 2 is 0.833 bits per heavy atom. The summed E-state index contributed by atoms with van der Waals surface area (Å²) < 4.78 is 0. The fraction of sp³-hybridized carbons (Fsp3) is 0.778. The van der Waals surface area contributed by atoms with Crippen molar-refractivity contribution in [1.82, 2.24) is 16.0 Å².